The molecule has 2 aliphatic heterocycles. The van der Waals surface area contributed by atoms with Gasteiger partial charge in [-0.2, -0.15) is 0 Å². The first kappa shape index (κ1) is 23.0. The maximum atomic E-state index is 15.0. The van der Waals surface area contributed by atoms with E-state index in [9.17, 15) is 22.4 Å². The monoisotopic (exact) mass is 475 g/mol. The van der Waals surface area contributed by atoms with Gasteiger partial charge >= 0.3 is 6.09 Å². The molecule has 2 aromatic rings. The third-order valence-corrected chi connectivity index (χ3v) is 7.75. The van der Waals surface area contributed by atoms with Crippen LogP contribution in [0.1, 0.15) is 27.2 Å². The first-order chi connectivity index (χ1) is 15.6. The van der Waals surface area contributed by atoms with Crippen LogP contribution in [-0.2, 0) is 19.6 Å². The molecule has 1 fully saturated rings. The average Bonchev–Trinajstić information content (AvgIpc) is 3.11. The Labute approximate surface area is 192 Å². The number of amides is 2. The van der Waals surface area contributed by atoms with Crippen molar-refractivity contribution in [3.8, 4) is 11.1 Å². The number of halogens is 1. The second-order valence-electron chi connectivity index (χ2n) is 8.16. The van der Waals surface area contributed by atoms with Gasteiger partial charge in [-0.1, -0.05) is 12.1 Å². The molecule has 1 saturated heterocycles. The van der Waals surface area contributed by atoms with Crippen LogP contribution in [0, 0.1) is 5.82 Å². The summed E-state index contributed by atoms with van der Waals surface area (Å²) < 4.78 is 45.6. The van der Waals surface area contributed by atoms with Gasteiger partial charge in [0.2, 0.25) is 15.9 Å². The van der Waals surface area contributed by atoms with Crippen LogP contribution in [0.15, 0.2) is 36.4 Å². The van der Waals surface area contributed by atoms with Crippen molar-refractivity contribution in [2.24, 2.45) is 0 Å². The van der Waals surface area contributed by atoms with Crippen LogP contribution >= 0.6 is 0 Å². The highest BCUT2D eigenvalue weighted by Crippen LogP contribution is 2.40. The van der Waals surface area contributed by atoms with Crippen LogP contribution < -0.4 is 14.1 Å². The Morgan fingerprint density at radius 3 is 2.33 bits per heavy atom. The van der Waals surface area contributed by atoms with Gasteiger partial charge in [-0.25, -0.2) is 17.6 Å². The van der Waals surface area contributed by atoms with E-state index in [0.717, 1.165) is 4.31 Å². The number of carbonyl (C=O) groups is 2. The molecule has 10 heteroatoms. The van der Waals surface area contributed by atoms with E-state index in [2.05, 4.69) is 0 Å². The fraction of sp³-hybridized carbons (Fsp3) is 0.391. The van der Waals surface area contributed by atoms with E-state index >= 15 is 0 Å². The average molecular weight is 476 g/mol. The third kappa shape index (κ3) is 4.15. The Bertz CT molecular complexity index is 1220. The first-order valence-corrected chi connectivity index (χ1v) is 12.4. The summed E-state index contributed by atoms with van der Waals surface area (Å²) in [5.41, 5.74) is 2.23. The Morgan fingerprint density at radius 1 is 1.09 bits per heavy atom. The molecule has 176 valence electrons. The van der Waals surface area contributed by atoms with Crippen molar-refractivity contribution in [2.75, 3.05) is 39.6 Å². The molecule has 0 bridgehead atoms. The van der Waals surface area contributed by atoms with Gasteiger partial charge in [-0.05, 0) is 55.7 Å². The van der Waals surface area contributed by atoms with Gasteiger partial charge in [0.05, 0.1) is 35.5 Å². The van der Waals surface area contributed by atoms with Gasteiger partial charge in [0.25, 0.3) is 0 Å². The highest BCUT2D eigenvalue weighted by Gasteiger charge is 2.35. The first-order valence-electron chi connectivity index (χ1n) is 10.8. The molecule has 8 nitrogen and oxygen atoms in total. The lowest BCUT2D eigenvalue weighted by atomic mass is 10.0. The third-order valence-electron chi connectivity index (χ3n) is 5.89. The predicted octanol–water partition coefficient (Wildman–Crippen LogP) is 3.75. The van der Waals surface area contributed by atoms with Crippen molar-refractivity contribution >= 4 is 39.1 Å². The number of hydrogen-bond acceptors (Lipinski definition) is 5. The van der Waals surface area contributed by atoms with Crippen LogP contribution in [0.3, 0.4) is 0 Å². The van der Waals surface area contributed by atoms with Crippen molar-refractivity contribution in [1.29, 1.82) is 0 Å². The molecule has 1 atom stereocenters. The number of anilines is 3. The van der Waals surface area contributed by atoms with Gasteiger partial charge in [0.15, 0.2) is 0 Å². The number of carbonyl (C=O) groups excluding carboxylic acids is 2. The lowest BCUT2D eigenvalue weighted by molar-refractivity contribution is -0.117. The van der Waals surface area contributed by atoms with Crippen molar-refractivity contribution in [3.63, 3.8) is 0 Å². The predicted molar refractivity (Wildman–Crippen MR) is 125 cm³/mol. The lowest BCUT2D eigenvalue weighted by Crippen LogP contribution is -2.51. The fourth-order valence-corrected chi connectivity index (χ4v) is 6.03. The summed E-state index contributed by atoms with van der Waals surface area (Å²) in [6, 6.07) is 9.34. The Hall–Kier alpha value is -3.14. The zero-order valence-corrected chi connectivity index (χ0v) is 19.6. The highest BCUT2D eigenvalue weighted by atomic mass is 32.2. The zero-order chi connectivity index (χ0) is 23.9. The normalized spacial score (nSPS) is 19.4. The minimum Gasteiger partial charge on any atom is -0.449 e. The number of hydrogen-bond donors (Lipinski definition) is 0. The molecule has 4 rings (SSSR count). The molecule has 2 heterocycles. The SMILES string of the molecule is CCOC(=O)N1CC(C)N(C(C)=O)c2ccc(-c3ccc(N4CCCS4(=O)=O)c(F)c3)cc21. The number of rotatable bonds is 3. The lowest BCUT2D eigenvalue weighted by Gasteiger charge is -2.40. The molecular weight excluding hydrogens is 449 g/mol. The Morgan fingerprint density at radius 2 is 1.76 bits per heavy atom. The largest absolute Gasteiger partial charge is 0.449 e. The molecule has 2 amide bonds. The number of benzene rings is 2. The van der Waals surface area contributed by atoms with Gasteiger partial charge < -0.3 is 9.64 Å². The topological polar surface area (TPSA) is 87.2 Å². The minimum atomic E-state index is -3.50. The van der Waals surface area contributed by atoms with E-state index in [0.29, 0.717) is 28.9 Å². The fourth-order valence-electron chi connectivity index (χ4n) is 4.46. The molecule has 0 saturated carbocycles. The van der Waals surface area contributed by atoms with E-state index in [1.807, 2.05) is 6.92 Å². The Balaban J connectivity index is 1.76. The molecule has 0 aliphatic carbocycles. The van der Waals surface area contributed by atoms with Crippen LogP contribution in [0.5, 0.6) is 0 Å². The van der Waals surface area contributed by atoms with Crippen LogP contribution in [0.4, 0.5) is 26.2 Å². The van der Waals surface area contributed by atoms with E-state index in [1.54, 1.807) is 36.1 Å². The molecule has 0 N–H and O–H groups in total. The summed E-state index contributed by atoms with van der Waals surface area (Å²) in [7, 11) is -3.50. The highest BCUT2D eigenvalue weighted by molar-refractivity contribution is 7.93. The second kappa shape index (κ2) is 8.66. The smallest absolute Gasteiger partial charge is 0.414 e. The minimum absolute atomic E-state index is 0.00772. The summed E-state index contributed by atoms with van der Waals surface area (Å²) >= 11 is 0. The number of ether oxygens (including phenoxy) is 1. The molecule has 33 heavy (non-hydrogen) atoms. The number of nitrogens with zero attached hydrogens (tertiary/aromatic N) is 3. The molecule has 2 aromatic carbocycles. The van der Waals surface area contributed by atoms with Crippen molar-refractivity contribution in [3.05, 3.63) is 42.2 Å². The van der Waals surface area contributed by atoms with Crippen LogP contribution in [0.2, 0.25) is 0 Å². The summed E-state index contributed by atoms with van der Waals surface area (Å²) in [4.78, 5) is 28.0. The molecule has 0 radical (unpaired) electrons. The number of fused-ring (bicyclic) bond motifs is 1. The molecular formula is C23H26FN3O5S. The van der Waals surface area contributed by atoms with Crippen molar-refractivity contribution in [2.45, 2.75) is 33.2 Å². The van der Waals surface area contributed by atoms with Gasteiger partial charge in [-0.3, -0.25) is 14.0 Å². The summed E-state index contributed by atoms with van der Waals surface area (Å²) in [6.07, 6.45) is -0.0601. The summed E-state index contributed by atoms with van der Waals surface area (Å²) in [5.74, 6) is -0.785. The Kier molecular flexibility index (Phi) is 6.04. The van der Waals surface area contributed by atoms with E-state index in [-0.39, 0.29) is 43.1 Å². The van der Waals surface area contributed by atoms with Crippen molar-refractivity contribution < 1.29 is 27.1 Å². The summed E-state index contributed by atoms with van der Waals surface area (Å²) in [6.45, 7) is 5.76. The second-order valence-corrected chi connectivity index (χ2v) is 10.2. The van der Waals surface area contributed by atoms with E-state index in [1.165, 1.54) is 24.0 Å². The maximum Gasteiger partial charge on any atom is 0.414 e. The molecule has 1 unspecified atom stereocenters. The van der Waals surface area contributed by atoms with Gasteiger partial charge in [0.1, 0.15) is 5.82 Å². The number of sulfonamides is 1. The van der Waals surface area contributed by atoms with Crippen LogP contribution in [-0.4, -0.2) is 51.9 Å². The van der Waals surface area contributed by atoms with Gasteiger partial charge in [-0.15, -0.1) is 0 Å². The van der Waals surface area contributed by atoms with Gasteiger partial charge in [0, 0.05) is 20.0 Å². The standard InChI is InChI=1S/C23H26FN3O5S/c1-4-32-23(29)25-14-15(2)27(16(3)28)21-9-7-18(13-22(21)25)17-6-8-20(19(24)12-17)26-10-5-11-33(26,30)31/h6-9,12-13,15H,4-5,10-11,14H2,1-3H3. The van der Waals surface area contributed by atoms with Crippen LogP contribution in [0.25, 0.3) is 11.1 Å². The summed E-state index contributed by atoms with van der Waals surface area (Å²) in [5, 5.41) is 0. The van der Waals surface area contributed by atoms with Crippen molar-refractivity contribution in [1.82, 2.24) is 0 Å². The van der Waals surface area contributed by atoms with E-state index in [4.69, 9.17) is 4.74 Å². The van der Waals surface area contributed by atoms with E-state index < -0.39 is 21.9 Å². The maximum absolute atomic E-state index is 15.0. The quantitative estimate of drug-likeness (QED) is 0.675. The molecule has 0 spiro atoms. The zero-order valence-electron chi connectivity index (χ0n) is 18.7. The molecule has 2 aliphatic rings. The molecule has 0 aromatic heterocycles.